The minimum absolute atomic E-state index is 0.0749. The highest BCUT2D eigenvalue weighted by Gasteiger charge is 2.34. The Morgan fingerprint density at radius 1 is 1.04 bits per heavy atom. The number of nitriles is 1. The van der Waals surface area contributed by atoms with Gasteiger partial charge in [0, 0.05) is 18.1 Å². The van der Waals surface area contributed by atoms with E-state index in [0.717, 1.165) is 6.07 Å². The summed E-state index contributed by atoms with van der Waals surface area (Å²) in [5.74, 6) is 0. The van der Waals surface area contributed by atoms with E-state index in [2.05, 4.69) is 4.98 Å². The molecular formula is C17H10F3N3. The Hall–Kier alpha value is -3.07. The number of hydrogen-bond donors (Lipinski definition) is 0. The van der Waals surface area contributed by atoms with E-state index in [1.807, 2.05) is 6.07 Å². The van der Waals surface area contributed by atoms with E-state index in [1.54, 1.807) is 12.3 Å². The van der Waals surface area contributed by atoms with Gasteiger partial charge >= 0.3 is 6.18 Å². The largest absolute Gasteiger partial charge is 0.417 e. The van der Waals surface area contributed by atoms with Gasteiger partial charge in [0.15, 0.2) is 0 Å². The van der Waals surface area contributed by atoms with E-state index in [4.69, 9.17) is 5.26 Å². The van der Waals surface area contributed by atoms with Crippen molar-refractivity contribution < 1.29 is 13.2 Å². The SMILES string of the molecule is N#Cc1ccc(-c2ccc(-n3ccnc3)cc2C(F)(F)F)cc1. The number of rotatable bonds is 2. The van der Waals surface area contributed by atoms with Crippen molar-refractivity contribution in [1.82, 2.24) is 9.55 Å². The van der Waals surface area contributed by atoms with Crippen LogP contribution in [0.1, 0.15) is 11.1 Å². The smallest absolute Gasteiger partial charge is 0.306 e. The third-order valence-corrected chi connectivity index (χ3v) is 3.44. The zero-order chi connectivity index (χ0) is 16.4. The van der Waals surface area contributed by atoms with Crippen molar-refractivity contribution in [2.45, 2.75) is 6.18 Å². The lowest BCUT2D eigenvalue weighted by atomic mass is 9.97. The van der Waals surface area contributed by atoms with E-state index >= 15 is 0 Å². The third-order valence-electron chi connectivity index (χ3n) is 3.44. The highest BCUT2D eigenvalue weighted by Crippen LogP contribution is 2.38. The van der Waals surface area contributed by atoms with Gasteiger partial charge in [-0.05, 0) is 35.4 Å². The molecule has 0 bridgehead atoms. The van der Waals surface area contributed by atoms with Crippen LogP contribution in [0.25, 0.3) is 16.8 Å². The van der Waals surface area contributed by atoms with Crippen molar-refractivity contribution in [2.24, 2.45) is 0 Å². The van der Waals surface area contributed by atoms with Crippen LogP contribution in [-0.4, -0.2) is 9.55 Å². The predicted molar refractivity (Wildman–Crippen MR) is 78.7 cm³/mol. The van der Waals surface area contributed by atoms with Gasteiger partial charge in [0.25, 0.3) is 0 Å². The molecule has 23 heavy (non-hydrogen) atoms. The average Bonchev–Trinajstić information content (AvgIpc) is 3.08. The molecule has 1 heterocycles. The summed E-state index contributed by atoms with van der Waals surface area (Å²) in [4.78, 5) is 3.84. The average molecular weight is 313 g/mol. The topological polar surface area (TPSA) is 41.6 Å². The van der Waals surface area contributed by atoms with Gasteiger partial charge < -0.3 is 4.57 Å². The van der Waals surface area contributed by atoms with Crippen LogP contribution in [0.5, 0.6) is 0 Å². The summed E-state index contributed by atoms with van der Waals surface area (Å²) in [5.41, 5.74) is 0.539. The molecule has 0 N–H and O–H groups in total. The zero-order valence-electron chi connectivity index (χ0n) is 11.7. The fourth-order valence-electron chi connectivity index (χ4n) is 2.32. The summed E-state index contributed by atoms with van der Waals surface area (Å²) >= 11 is 0. The summed E-state index contributed by atoms with van der Waals surface area (Å²) < 4.78 is 41.8. The molecule has 0 saturated carbocycles. The molecule has 0 aliphatic heterocycles. The molecule has 0 saturated heterocycles. The van der Waals surface area contributed by atoms with Crippen LogP contribution in [0.15, 0.2) is 61.2 Å². The molecule has 3 aromatic rings. The first kappa shape index (κ1) is 14.9. The molecule has 3 rings (SSSR count). The van der Waals surface area contributed by atoms with Crippen LogP contribution < -0.4 is 0 Å². The second-order valence-corrected chi connectivity index (χ2v) is 4.89. The minimum Gasteiger partial charge on any atom is -0.306 e. The van der Waals surface area contributed by atoms with Crippen molar-refractivity contribution in [1.29, 1.82) is 5.26 Å². The minimum atomic E-state index is -4.49. The Labute approximate surface area is 130 Å². The lowest BCUT2D eigenvalue weighted by Crippen LogP contribution is -2.08. The molecular weight excluding hydrogens is 303 g/mol. The van der Waals surface area contributed by atoms with Crippen molar-refractivity contribution >= 4 is 0 Å². The lowest BCUT2D eigenvalue weighted by Gasteiger charge is -2.15. The molecule has 3 nitrogen and oxygen atoms in total. The van der Waals surface area contributed by atoms with E-state index in [0.29, 0.717) is 16.8 Å². The number of benzene rings is 2. The summed E-state index contributed by atoms with van der Waals surface area (Å²) in [5, 5.41) is 8.79. The molecule has 0 unspecified atom stereocenters. The Kier molecular flexibility index (Phi) is 3.62. The molecule has 6 heteroatoms. The number of aromatic nitrogens is 2. The number of nitrogens with zero attached hydrogens (tertiary/aromatic N) is 3. The van der Waals surface area contributed by atoms with E-state index in [-0.39, 0.29) is 5.56 Å². The van der Waals surface area contributed by atoms with Crippen LogP contribution >= 0.6 is 0 Å². The molecule has 0 aliphatic carbocycles. The van der Waals surface area contributed by atoms with Crippen LogP contribution in [0, 0.1) is 11.3 Å². The molecule has 1 aromatic heterocycles. The summed E-state index contributed by atoms with van der Waals surface area (Å²) in [7, 11) is 0. The molecule has 0 fully saturated rings. The van der Waals surface area contributed by atoms with Crippen molar-refractivity contribution in [3.63, 3.8) is 0 Å². The molecule has 0 atom stereocenters. The van der Waals surface area contributed by atoms with Crippen molar-refractivity contribution in [2.75, 3.05) is 0 Å². The highest BCUT2D eigenvalue weighted by atomic mass is 19.4. The quantitative estimate of drug-likeness (QED) is 0.702. The Morgan fingerprint density at radius 3 is 2.35 bits per heavy atom. The maximum atomic E-state index is 13.4. The lowest BCUT2D eigenvalue weighted by molar-refractivity contribution is -0.137. The van der Waals surface area contributed by atoms with Crippen LogP contribution in [0.4, 0.5) is 13.2 Å². The molecule has 0 radical (unpaired) electrons. The summed E-state index contributed by atoms with van der Waals surface area (Å²) in [6.07, 6.45) is 0.0371. The Balaban J connectivity index is 2.14. The van der Waals surface area contributed by atoms with Crippen LogP contribution in [0.2, 0.25) is 0 Å². The zero-order valence-corrected chi connectivity index (χ0v) is 11.7. The maximum Gasteiger partial charge on any atom is 0.417 e. The standard InChI is InChI=1S/C17H10F3N3/c18-17(19,20)16-9-14(23-8-7-22-11-23)5-6-15(16)13-3-1-12(10-21)2-4-13/h1-9,11H. The second kappa shape index (κ2) is 5.61. The summed E-state index contributed by atoms with van der Waals surface area (Å²) in [6.45, 7) is 0. The van der Waals surface area contributed by atoms with Gasteiger partial charge in [0.2, 0.25) is 0 Å². The molecule has 0 amide bonds. The Bertz CT molecular complexity index is 858. The van der Waals surface area contributed by atoms with E-state index < -0.39 is 11.7 Å². The molecule has 0 spiro atoms. The molecule has 2 aromatic carbocycles. The Morgan fingerprint density at radius 2 is 1.78 bits per heavy atom. The first-order chi connectivity index (χ1) is 11.0. The van der Waals surface area contributed by atoms with Crippen molar-refractivity contribution in [3.8, 4) is 22.9 Å². The van der Waals surface area contributed by atoms with Crippen LogP contribution in [-0.2, 0) is 6.18 Å². The van der Waals surface area contributed by atoms with Gasteiger partial charge in [-0.25, -0.2) is 4.98 Å². The second-order valence-electron chi connectivity index (χ2n) is 4.89. The maximum absolute atomic E-state index is 13.4. The number of imidazole rings is 1. The first-order valence-electron chi connectivity index (χ1n) is 6.69. The van der Waals surface area contributed by atoms with Gasteiger partial charge in [0.1, 0.15) is 0 Å². The van der Waals surface area contributed by atoms with Gasteiger partial charge in [-0.3, -0.25) is 0 Å². The van der Waals surface area contributed by atoms with Gasteiger partial charge in [-0.15, -0.1) is 0 Å². The van der Waals surface area contributed by atoms with Gasteiger partial charge in [-0.1, -0.05) is 18.2 Å². The van der Waals surface area contributed by atoms with Gasteiger partial charge in [-0.2, -0.15) is 18.4 Å². The summed E-state index contributed by atoms with van der Waals surface area (Å²) in [6, 6.07) is 12.1. The molecule has 114 valence electrons. The third kappa shape index (κ3) is 2.94. The number of hydrogen-bond acceptors (Lipinski definition) is 2. The monoisotopic (exact) mass is 313 g/mol. The van der Waals surface area contributed by atoms with Crippen LogP contribution in [0.3, 0.4) is 0 Å². The van der Waals surface area contributed by atoms with E-state index in [1.165, 1.54) is 47.4 Å². The first-order valence-corrected chi connectivity index (χ1v) is 6.69. The van der Waals surface area contributed by atoms with Gasteiger partial charge in [0.05, 0.1) is 23.5 Å². The fourth-order valence-corrected chi connectivity index (χ4v) is 2.32. The van der Waals surface area contributed by atoms with E-state index in [9.17, 15) is 13.2 Å². The normalized spacial score (nSPS) is 11.2. The van der Waals surface area contributed by atoms with Crippen molar-refractivity contribution in [3.05, 3.63) is 72.3 Å². The highest BCUT2D eigenvalue weighted by molar-refractivity contribution is 5.70. The fraction of sp³-hybridized carbons (Fsp3) is 0.0588. The number of halogens is 3. The molecule has 0 aliphatic rings. The predicted octanol–water partition coefficient (Wildman–Crippen LogP) is 4.43. The number of alkyl halides is 3.